The Morgan fingerprint density at radius 2 is 1.50 bits per heavy atom. The predicted molar refractivity (Wildman–Crippen MR) is 145 cm³/mol. The van der Waals surface area contributed by atoms with Crippen LogP contribution in [0.3, 0.4) is 0 Å². The molecule has 4 nitrogen and oxygen atoms in total. The van der Waals surface area contributed by atoms with Crippen LogP contribution >= 0.6 is 0 Å². The summed E-state index contributed by atoms with van der Waals surface area (Å²) in [6.45, 7) is 8.33. The molecule has 0 bridgehead atoms. The van der Waals surface area contributed by atoms with Crippen molar-refractivity contribution in [1.29, 1.82) is 0 Å². The fourth-order valence-corrected chi connectivity index (χ4v) is 6.31. The van der Waals surface area contributed by atoms with Gasteiger partial charge in [0.2, 0.25) is 12.2 Å². The number of aliphatic imine (C=N–C) groups is 2. The molecule has 4 aromatic rings. The average Bonchev–Trinajstić information content (AvgIpc) is 2.84. The van der Waals surface area contributed by atoms with Gasteiger partial charge in [0.25, 0.3) is 0 Å². The van der Waals surface area contributed by atoms with Gasteiger partial charge in [-0.1, -0.05) is 60.2 Å². The molecule has 0 aromatic heterocycles. The number of aryl methyl sites for hydroxylation is 2. The molecule has 2 aliphatic carbocycles. The normalized spacial score (nSPS) is 16.0. The maximum Gasteiger partial charge on any atom is 0.240 e. The van der Waals surface area contributed by atoms with E-state index in [9.17, 15) is 9.59 Å². The molecule has 1 atom stereocenters. The van der Waals surface area contributed by atoms with E-state index in [4.69, 9.17) is 0 Å². The van der Waals surface area contributed by atoms with Gasteiger partial charge in [-0.05, 0) is 100 Å². The summed E-state index contributed by atoms with van der Waals surface area (Å²) in [4.78, 5) is 31.3. The van der Waals surface area contributed by atoms with E-state index in [1.54, 1.807) is 12.2 Å². The molecule has 0 N–H and O–H groups in total. The summed E-state index contributed by atoms with van der Waals surface area (Å²) in [5.41, 5.74) is 11.4. The van der Waals surface area contributed by atoms with Crippen LogP contribution in [0.15, 0.2) is 69.7 Å². The molecule has 0 amide bonds. The molecule has 0 aliphatic heterocycles. The molecule has 36 heavy (non-hydrogen) atoms. The summed E-state index contributed by atoms with van der Waals surface area (Å²) < 4.78 is 0. The first-order chi connectivity index (χ1) is 17.4. The Bertz CT molecular complexity index is 1810. The zero-order valence-corrected chi connectivity index (χ0v) is 20.7. The number of nitrogens with zero attached hydrogens (tertiary/aromatic N) is 2. The summed E-state index contributed by atoms with van der Waals surface area (Å²) in [6, 6.07) is 16.5. The van der Waals surface area contributed by atoms with Gasteiger partial charge in [-0.15, -0.1) is 0 Å². The SMILES string of the molecule is CC1=Cc2c(-c3c(C)cc4cccc5c4c3C(N=C=O)=C(C)C5N=C=O)c(C)cc3cccc(c23)C1. The van der Waals surface area contributed by atoms with Crippen LogP contribution in [0.1, 0.15) is 53.3 Å². The Morgan fingerprint density at radius 1 is 0.806 bits per heavy atom. The fourth-order valence-electron chi connectivity index (χ4n) is 6.31. The van der Waals surface area contributed by atoms with Crippen molar-refractivity contribution in [3.05, 3.63) is 93.1 Å². The van der Waals surface area contributed by atoms with Crippen LogP contribution in [0.5, 0.6) is 0 Å². The quantitative estimate of drug-likeness (QED) is 0.228. The van der Waals surface area contributed by atoms with E-state index in [1.807, 2.05) is 19.1 Å². The van der Waals surface area contributed by atoms with Gasteiger partial charge in [0.15, 0.2) is 0 Å². The highest BCUT2D eigenvalue weighted by Crippen LogP contribution is 2.51. The molecule has 174 valence electrons. The predicted octanol–water partition coefficient (Wildman–Crippen LogP) is 7.69. The summed E-state index contributed by atoms with van der Waals surface area (Å²) in [7, 11) is 0. The molecular weight excluding hydrogens is 444 g/mol. The van der Waals surface area contributed by atoms with Crippen molar-refractivity contribution in [3.63, 3.8) is 0 Å². The molecule has 0 spiro atoms. The number of hydrogen-bond donors (Lipinski definition) is 0. The number of allylic oxidation sites excluding steroid dienone is 1. The van der Waals surface area contributed by atoms with Crippen LogP contribution in [-0.2, 0) is 16.0 Å². The lowest BCUT2D eigenvalue weighted by Crippen LogP contribution is -2.11. The standard InChI is InChI=1S/C32H24N2O2/c1-17-11-21-7-5-8-22-13-18(2)26(25(12-17)28(21)22)27-19(3)14-23-9-6-10-24-29(23)30(27)32(34-16-36)20(4)31(24)33-15-35/h5-10,12-14,31H,11H2,1-4H3. The van der Waals surface area contributed by atoms with Gasteiger partial charge in [0.1, 0.15) is 6.04 Å². The summed E-state index contributed by atoms with van der Waals surface area (Å²) >= 11 is 0. The first-order valence-electron chi connectivity index (χ1n) is 12.1. The van der Waals surface area contributed by atoms with Crippen molar-refractivity contribution in [2.24, 2.45) is 9.98 Å². The summed E-state index contributed by atoms with van der Waals surface area (Å²) in [5.74, 6) is 0. The Hall–Kier alpha value is -4.36. The highest BCUT2D eigenvalue weighted by atomic mass is 16.1. The number of isocyanates is 2. The van der Waals surface area contributed by atoms with Crippen molar-refractivity contribution in [3.8, 4) is 11.1 Å². The maximum absolute atomic E-state index is 11.7. The van der Waals surface area contributed by atoms with Gasteiger partial charge in [0, 0.05) is 5.56 Å². The van der Waals surface area contributed by atoms with Gasteiger partial charge < -0.3 is 0 Å². The number of rotatable bonds is 3. The lowest BCUT2D eigenvalue weighted by molar-refractivity contribution is 0.560. The van der Waals surface area contributed by atoms with E-state index in [0.29, 0.717) is 5.70 Å². The van der Waals surface area contributed by atoms with Gasteiger partial charge >= 0.3 is 0 Å². The second-order valence-corrected chi connectivity index (χ2v) is 9.91. The molecule has 0 saturated heterocycles. The molecule has 6 rings (SSSR count). The minimum absolute atomic E-state index is 0.535. The van der Waals surface area contributed by atoms with Crippen molar-refractivity contribution < 1.29 is 9.59 Å². The van der Waals surface area contributed by atoms with Crippen LogP contribution in [-0.4, -0.2) is 12.2 Å². The van der Waals surface area contributed by atoms with E-state index in [0.717, 1.165) is 56.1 Å². The van der Waals surface area contributed by atoms with E-state index in [1.165, 1.54) is 27.5 Å². The Balaban J connectivity index is 1.85. The average molecular weight is 469 g/mol. The minimum Gasteiger partial charge on any atom is -0.211 e. The summed E-state index contributed by atoms with van der Waals surface area (Å²) in [5, 5.41) is 4.52. The van der Waals surface area contributed by atoms with E-state index in [2.05, 4.69) is 73.2 Å². The topological polar surface area (TPSA) is 58.9 Å². The monoisotopic (exact) mass is 468 g/mol. The molecule has 4 aromatic carbocycles. The molecule has 4 heteroatoms. The highest BCUT2D eigenvalue weighted by molar-refractivity contribution is 6.10. The Morgan fingerprint density at radius 3 is 2.22 bits per heavy atom. The van der Waals surface area contributed by atoms with Gasteiger partial charge in [-0.2, -0.15) is 9.98 Å². The van der Waals surface area contributed by atoms with Crippen molar-refractivity contribution in [2.75, 3.05) is 0 Å². The third-order valence-electron chi connectivity index (χ3n) is 7.65. The molecule has 0 radical (unpaired) electrons. The first-order valence-corrected chi connectivity index (χ1v) is 12.1. The molecule has 0 heterocycles. The molecule has 0 fully saturated rings. The molecule has 1 unspecified atom stereocenters. The van der Waals surface area contributed by atoms with E-state index < -0.39 is 6.04 Å². The van der Waals surface area contributed by atoms with Crippen LogP contribution in [0.2, 0.25) is 0 Å². The van der Waals surface area contributed by atoms with Crippen LogP contribution < -0.4 is 0 Å². The number of benzene rings is 4. The Kier molecular flexibility index (Phi) is 4.98. The van der Waals surface area contributed by atoms with Gasteiger partial charge in [-0.3, -0.25) is 0 Å². The van der Waals surface area contributed by atoms with Crippen LogP contribution in [0.4, 0.5) is 0 Å². The molecular formula is C32H24N2O2. The first kappa shape index (κ1) is 22.1. The van der Waals surface area contributed by atoms with Crippen molar-refractivity contribution >= 4 is 45.5 Å². The smallest absolute Gasteiger partial charge is 0.211 e. The van der Waals surface area contributed by atoms with Gasteiger partial charge in [0.05, 0.1) is 5.70 Å². The molecule has 0 saturated carbocycles. The van der Waals surface area contributed by atoms with Crippen molar-refractivity contribution in [2.45, 2.75) is 40.2 Å². The second kappa shape index (κ2) is 8.10. The molecule has 2 aliphatic rings. The van der Waals surface area contributed by atoms with Crippen LogP contribution in [0, 0.1) is 13.8 Å². The third kappa shape index (κ3) is 3.03. The second-order valence-electron chi connectivity index (χ2n) is 9.91. The maximum atomic E-state index is 11.7. The summed E-state index contributed by atoms with van der Waals surface area (Å²) in [6.07, 6.45) is 6.73. The van der Waals surface area contributed by atoms with Crippen LogP contribution in [0.25, 0.3) is 44.4 Å². The lowest BCUT2D eigenvalue weighted by atomic mass is 9.76. The fraction of sp³-hybridized carbons (Fsp3) is 0.188. The van der Waals surface area contributed by atoms with E-state index in [-0.39, 0.29) is 0 Å². The Labute approximate surface area is 209 Å². The van der Waals surface area contributed by atoms with Gasteiger partial charge in [-0.25, -0.2) is 9.59 Å². The lowest BCUT2D eigenvalue weighted by Gasteiger charge is -2.29. The zero-order valence-electron chi connectivity index (χ0n) is 20.7. The number of carbonyl (C=O) groups excluding carboxylic acids is 2. The zero-order chi connectivity index (χ0) is 25.1. The third-order valence-corrected chi connectivity index (χ3v) is 7.65. The van der Waals surface area contributed by atoms with E-state index >= 15 is 0 Å². The minimum atomic E-state index is -0.536. The largest absolute Gasteiger partial charge is 0.240 e. The highest BCUT2D eigenvalue weighted by Gasteiger charge is 2.32. The number of hydrogen-bond acceptors (Lipinski definition) is 4. The van der Waals surface area contributed by atoms with Crippen molar-refractivity contribution in [1.82, 2.24) is 0 Å².